The number of carbonyl (C=O) groups excluding carboxylic acids is 1. The molecule has 32 heavy (non-hydrogen) atoms. The summed E-state index contributed by atoms with van der Waals surface area (Å²) in [7, 11) is 0. The molecule has 0 aliphatic carbocycles. The number of H-pyrrole nitrogens is 1. The molecule has 0 bridgehead atoms. The van der Waals surface area contributed by atoms with E-state index in [0.29, 0.717) is 37.4 Å². The van der Waals surface area contributed by atoms with E-state index in [2.05, 4.69) is 15.2 Å². The van der Waals surface area contributed by atoms with Gasteiger partial charge >= 0.3 is 5.97 Å². The third kappa shape index (κ3) is 4.64. The van der Waals surface area contributed by atoms with Crippen LogP contribution in [0.1, 0.15) is 41.8 Å². The number of benzene rings is 1. The molecule has 8 heteroatoms. The van der Waals surface area contributed by atoms with Gasteiger partial charge in [-0.2, -0.15) is 5.10 Å². The first-order valence-corrected chi connectivity index (χ1v) is 10.6. The van der Waals surface area contributed by atoms with Crippen LogP contribution in [-0.4, -0.2) is 50.2 Å². The van der Waals surface area contributed by atoms with E-state index in [9.17, 15) is 14.7 Å². The average Bonchev–Trinajstić information content (AvgIpc) is 3.33. The Kier molecular flexibility index (Phi) is 5.94. The lowest BCUT2D eigenvalue weighted by atomic mass is 9.88. The van der Waals surface area contributed by atoms with Crippen LogP contribution in [0.5, 0.6) is 5.75 Å². The standard InChI is InChI=1S/C24H26N4O4/c1-24(2,23(30)31)9-12-28-11-8-17-4-3-16(13-19(17)22(28)29)15-32-18-5-6-20(25-14-18)21-7-10-26-27-21/h3-7,10,13-14H,8-9,11-12,15H2,1-2H3,(H,26,27)(H,30,31). The predicted octanol–water partition coefficient (Wildman–Crippen LogP) is 3.55. The van der Waals surface area contributed by atoms with Crippen LogP contribution in [0.2, 0.25) is 0 Å². The summed E-state index contributed by atoms with van der Waals surface area (Å²) in [6, 6.07) is 11.4. The van der Waals surface area contributed by atoms with Crippen LogP contribution >= 0.6 is 0 Å². The van der Waals surface area contributed by atoms with Gasteiger partial charge in [-0.25, -0.2) is 0 Å². The molecule has 0 unspecified atom stereocenters. The van der Waals surface area contributed by atoms with E-state index in [0.717, 1.165) is 28.9 Å². The number of carbonyl (C=O) groups is 2. The van der Waals surface area contributed by atoms with Gasteiger partial charge in [-0.1, -0.05) is 12.1 Å². The summed E-state index contributed by atoms with van der Waals surface area (Å²) in [6.07, 6.45) is 4.50. The van der Waals surface area contributed by atoms with Crippen molar-refractivity contribution in [3.05, 3.63) is 65.5 Å². The van der Waals surface area contributed by atoms with Gasteiger partial charge in [0.05, 0.1) is 23.0 Å². The number of carboxylic acid groups (broad SMARTS) is 1. The molecule has 2 aromatic heterocycles. The molecule has 166 valence electrons. The Balaban J connectivity index is 1.40. The highest BCUT2D eigenvalue weighted by Gasteiger charge is 2.30. The summed E-state index contributed by atoms with van der Waals surface area (Å²) in [5.41, 5.74) is 3.32. The Morgan fingerprint density at radius 2 is 2.09 bits per heavy atom. The van der Waals surface area contributed by atoms with E-state index in [-0.39, 0.29) is 5.91 Å². The fourth-order valence-electron chi connectivity index (χ4n) is 3.58. The van der Waals surface area contributed by atoms with Gasteiger partial charge in [0.1, 0.15) is 12.4 Å². The summed E-state index contributed by atoms with van der Waals surface area (Å²) in [5.74, 6) is -0.274. The second kappa shape index (κ2) is 8.82. The van der Waals surface area contributed by atoms with Crippen LogP contribution in [0.3, 0.4) is 0 Å². The second-order valence-corrected chi connectivity index (χ2v) is 8.61. The topological polar surface area (TPSA) is 108 Å². The van der Waals surface area contributed by atoms with Gasteiger partial charge < -0.3 is 14.7 Å². The third-order valence-electron chi connectivity index (χ3n) is 5.85. The highest BCUT2D eigenvalue weighted by atomic mass is 16.5. The monoisotopic (exact) mass is 434 g/mol. The number of amides is 1. The summed E-state index contributed by atoms with van der Waals surface area (Å²) in [5, 5.41) is 16.1. The molecule has 4 rings (SSSR count). The minimum absolute atomic E-state index is 0.0557. The molecule has 1 amide bonds. The van der Waals surface area contributed by atoms with Gasteiger partial charge in [-0.3, -0.25) is 19.7 Å². The minimum Gasteiger partial charge on any atom is -0.487 e. The number of pyridine rings is 1. The molecule has 0 atom stereocenters. The number of aliphatic carboxylic acids is 1. The quantitative estimate of drug-likeness (QED) is 0.561. The second-order valence-electron chi connectivity index (χ2n) is 8.61. The van der Waals surface area contributed by atoms with Crippen LogP contribution in [-0.2, 0) is 17.8 Å². The smallest absolute Gasteiger partial charge is 0.309 e. The van der Waals surface area contributed by atoms with Crippen molar-refractivity contribution in [3.8, 4) is 17.1 Å². The maximum atomic E-state index is 13.0. The molecule has 0 saturated heterocycles. The van der Waals surface area contributed by atoms with Gasteiger partial charge in [-0.15, -0.1) is 0 Å². The molecule has 2 N–H and O–H groups in total. The van der Waals surface area contributed by atoms with Crippen LogP contribution in [0, 0.1) is 5.41 Å². The lowest BCUT2D eigenvalue weighted by molar-refractivity contribution is -0.147. The predicted molar refractivity (Wildman–Crippen MR) is 118 cm³/mol. The molecule has 0 fully saturated rings. The molecule has 3 heterocycles. The molecular weight excluding hydrogens is 408 g/mol. The summed E-state index contributed by atoms with van der Waals surface area (Å²) in [6.45, 7) is 4.71. The number of hydrogen-bond donors (Lipinski definition) is 2. The number of nitrogens with zero attached hydrogens (tertiary/aromatic N) is 3. The molecule has 1 aromatic carbocycles. The summed E-state index contributed by atoms with van der Waals surface area (Å²) in [4.78, 5) is 30.5. The van der Waals surface area contributed by atoms with Gasteiger partial charge in [0.15, 0.2) is 0 Å². The van der Waals surface area contributed by atoms with Crippen molar-refractivity contribution in [2.75, 3.05) is 13.1 Å². The lowest BCUT2D eigenvalue weighted by Gasteiger charge is -2.31. The normalized spacial score (nSPS) is 13.7. The number of carboxylic acids is 1. The van der Waals surface area contributed by atoms with Gasteiger partial charge in [-0.05, 0) is 62.1 Å². The van der Waals surface area contributed by atoms with E-state index in [1.54, 1.807) is 31.1 Å². The number of nitrogens with one attached hydrogen (secondary N) is 1. The number of aromatic amines is 1. The van der Waals surface area contributed by atoms with Crippen LogP contribution in [0.25, 0.3) is 11.4 Å². The van der Waals surface area contributed by atoms with E-state index >= 15 is 0 Å². The van der Waals surface area contributed by atoms with Crippen molar-refractivity contribution in [1.29, 1.82) is 0 Å². The summed E-state index contributed by atoms with van der Waals surface area (Å²) < 4.78 is 5.86. The number of rotatable bonds is 8. The average molecular weight is 434 g/mol. The zero-order valence-corrected chi connectivity index (χ0v) is 18.2. The third-order valence-corrected chi connectivity index (χ3v) is 5.85. The van der Waals surface area contributed by atoms with E-state index in [1.807, 2.05) is 36.4 Å². The Hall–Kier alpha value is -3.68. The first kappa shape index (κ1) is 21.5. The molecule has 0 spiro atoms. The number of ether oxygens (including phenoxy) is 1. The molecular formula is C24H26N4O4. The fourth-order valence-corrected chi connectivity index (χ4v) is 3.58. The molecule has 0 saturated carbocycles. The van der Waals surface area contributed by atoms with Crippen molar-refractivity contribution in [2.45, 2.75) is 33.3 Å². The SMILES string of the molecule is CC(C)(CCN1CCc2ccc(COc3ccc(-c4ccn[nH]4)nc3)cc2C1=O)C(=O)O. The van der Waals surface area contributed by atoms with E-state index in [1.165, 1.54) is 0 Å². The van der Waals surface area contributed by atoms with Crippen molar-refractivity contribution in [1.82, 2.24) is 20.1 Å². The first-order chi connectivity index (χ1) is 15.3. The van der Waals surface area contributed by atoms with E-state index < -0.39 is 11.4 Å². The highest BCUT2D eigenvalue weighted by Crippen LogP contribution is 2.25. The molecule has 8 nitrogen and oxygen atoms in total. The molecule has 3 aromatic rings. The summed E-state index contributed by atoms with van der Waals surface area (Å²) >= 11 is 0. The lowest BCUT2D eigenvalue weighted by Crippen LogP contribution is -2.40. The Morgan fingerprint density at radius 3 is 2.78 bits per heavy atom. The van der Waals surface area contributed by atoms with Crippen molar-refractivity contribution in [3.63, 3.8) is 0 Å². The van der Waals surface area contributed by atoms with Crippen LogP contribution in [0.4, 0.5) is 0 Å². The van der Waals surface area contributed by atoms with Crippen molar-refractivity contribution < 1.29 is 19.4 Å². The number of fused-ring (bicyclic) bond motifs is 1. The van der Waals surface area contributed by atoms with Crippen LogP contribution < -0.4 is 4.74 Å². The Bertz CT molecular complexity index is 1110. The maximum absolute atomic E-state index is 13.0. The number of aromatic nitrogens is 3. The van der Waals surface area contributed by atoms with E-state index in [4.69, 9.17) is 4.74 Å². The molecule has 0 radical (unpaired) electrons. The largest absolute Gasteiger partial charge is 0.487 e. The molecule has 1 aliphatic rings. The fraction of sp³-hybridized carbons (Fsp3) is 0.333. The van der Waals surface area contributed by atoms with Gasteiger partial charge in [0.25, 0.3) is 5.91 Å². The zero-order chi connectivity index (χ0) is 22.7. The van der Waals surface area contributed by atoms with Gasteiger partial charge in [0, 0.05) is 24.8 Å². The van der Waals surface area contributed by atoms with Gasteiger partial charge in [0.2, 0.25) is 0 Å². The molecule has 1 aliphatic heterocycles. The maximum Gasteiger partial charge on any atom is 0.309 e. The first-order valence-electron chi connectivity index (χ1n) is 10.6. The van der Waals surface area contributed by atoms with Crippen molar-refractivity contribution >= 4 is 11.9 Å². The Morgan fingerprint density at radius 1 is 1.25 bits per heavy atom. The number of hydrogen-bond acceptors (Lipinski definition) is 5. The Labute approximate surface area is 186 Å². The zero-order valence-electron chi connectivity index (χ0n) is 18.2. The van der Waals surface area contributed by atoms with Crippen LogP contribution in [0.15, 0.2) is 48.8 Å². The van der Waals surface area contributed by atoms with Crippen molar-refractivity contribution in [2.24, 2.45) is 5.41 Å². The minimum atomic E-state index is -0.864. The highest BCUT2D eigenvalue weighted by molar-refractivity contribution is 5.97.